The molecule has 1 heteroatoms. The smallest absolute Gasteiger partial charge is 0.115 e. The molecule has 0 saturated heterocycles. The number of phenolic OH excluding ortho intramolecular Hbond substituents is 1. The Bertz CT molecular complexity index is 442. The monoisotopic (exact) mass is 376 g/mol. The number of rotatable bonds is 4. The first-order valence-electron chi connectivity index (χ1n) is 11.5. The summed E-state index contributed by atoms with van der Waals surface area (Å²) in [5.74, 6) is 4.32. The Morgan fingerprint density at radius 3 is 1.93 bits per heavy atom. The lowest BCUT2D eigenvalue weighted by Crippen LogP contribution is -2.30. The second kappa shape index (κ2) is 15.0. The van der Waals surface area contributed by atoms with Gasteiger partial charge in [-0.25, -0.2) is 0 Å². The Morgan fingerprint density at radius 1 is 0.815 bits per heavy atom. The zero-order valence-electron chi connectivity index (χ0n) is 18.1. The molecule has 1 unspecified atom stereocenters. The van der Waals surface area contributed by atoms with E-state index in [9.17, 15) is 5.11 Å². The highest BCUT2D eigenvalue weighted by Gasteiger charge is 2.33. The summed E-state index contributed by atoms with van der Waals surface area (Å²) < 4.78 is 0. The lowest BCUT2D eigenvalue weighted by Gasteiger charge is -2.40. The molecule has 2 atom stereocenters. The minimum atomic E-state index is 0. The van der Waals surface area contributed by atoms with Crippen molar-refractivity contribution in [2.24, 2.45) is 23.7 Å². The summed E-state index contributed by atoms with van der Waals surface area (Å²) in [6, 6.07) is 7.84. The van der Waals surface area contributed by atoms with Gasteiger partial charge in [-0.2, -0.15) is 0 Å². The van der Waals surface area contributed by atoms with Crippen LogP contribution in [-0.2, 0) is 6.42 Å². The molecule has 0 amide bonds. The number of benzene rings is 1. The molecule has 27 heavy (non-hydrogen) atoms. The summed E-state index contributed by atoms with van der Waals surface area (Å²) in [7, 11) is 0. The average Bonchev–Trinajstić information content (AvgIpc) is 2.73. The Labute approximate surface area is 171 Å². The van der Waals surface area contributed by atoms with Gasteiger partial charge in [0, 0.05) is 0 Å². The Balaban J connectivity index is 0.00000127. The molecule has 158 valence electrons. The van der Waals surface area contributed by atoms with Gasteiger partial charge in [-0.1, -0.05) is 79.9 Å². The van der Waals surface area contributed by atoms with Crippen molar-refractivity contribution in [3.05, 3.63) is 29.8 Å². The highest BCUT2D eigenvalue weighted by Crippen LogP contribution is 2.44. The first-order valence-corrected chi connectivity index (χ1v) is 11.5. The van der Waals surface area contributed by atoms with Gasteiger partial charge in [-0.05, 0) is 79.9 Å². The van der Waals surface area contributed by atoms with Crippen molar-refractivity contribution in [1.82, 2.24) is 0 Å². The van der Waals surface area contributed by atoms with Gasteiger partial charge in [0.15, 0.2) is 0 Å². The van der Waals surface area contributed by atoms with Crippen LogP contribution in [0.25, 0.3) is 0 Å². The lowest BCUT2D eigenvalue weighted by molar-refractivity contribution is 0.110. The van der Waals surface area contributed by atoms with Crippen molar-refractivity contribution in [3.8, 4) is 5.75 Å². The minimum Gasteiger partial charge on any atom is -0.508 e. The maximum absolute atomic E-state index is 9.39. The second-order valence-electron chi connectivity index (χ2n) is 7.77. The third-order valence-electron chi connectivity index (χ3n) is 6.45. The highest BCUT2D eigenvalue weighted by molar-refractivity contribution is 5.26. The summed E-state index contributed by atoms with van der Waals surface area (Å²) in [5, 5.41) is 9.39. The van der Waals surface area contributed by atoms with E-state index in [-0.39, 0.29) is 7.43 Å². The van der Waals surface area contributed by atoms with Crippen LogP contribution in [-0.4, -0.2) is 5.11 Å². The van der Waals surface area contributed by atoms with E-state index in [1.807, 2.05) is 39.8 Å². The van der Waals surface area contributed by atoms with Crippen LogP contribution in [0.5, 0.6) is 5.75 Å². The molecular formula is C26H48O. The molecule has 1 aromatic carbocycles. The van der Waals surface area contributed by atoms with Gasteiger partial charge in [0.05, 0.1) is 0 Å². The van der Waals surface area contributed by atoms with Crippen molar-refractivity contribution in [1.29, 1.82) is 0 Å². The van der Waals surface area contributed by atoms with Crippen molar-refractivity contribution in [2.75, 3.05) is 0 Å². The molecule has 2 saturated carbocycles. The molecule has 0 spiro atoms. The van der Waals surface area contributed by atoms with Gasteiger partial charge in [0.25, 0.3) is 0 Å². The maximum atomic E-state index is 9.39. The number of hydrogen-bond acceptors (Lipinski definition) is 1. The largest absolute Gasteiger partial charge is 0.508 e. The lowest BCUT2D eigenvalue weighted by atomic mass is 9.65. The van der Waals surface area contributed by atoms with Gasteiger partial charge >= 0.3 is 0 Å². The van der Waals surface area contributed by atoms with E-state index >= 15 is 0 Å². The molecule has 2 fully saturated rings. The van der Waals surface area contributed by atoms with Gasteiger partial charge in [-0.15, -0.1) is 0 Å². The van der Waals surface area contributed by atoms with E-state index in [2.05, 4.69) is 19.1 Å². The fourth-order valence-electron chi connectivity index (χ4n) is 5.15. The third-order valence-corrected chi connectivity index (χ3v) is 6.45. The molecule has 1 N–H and O–H groups in total. The van der Waals surface area contributed by atoms with E-state index in [1.165, 1.54) is 69.8 Å². The van der Waals surface area contributed by atoms with E-state index in [0.717, 1.165) is 23.7 Å². The van der Waals surface area contributed by atoms with Crippen LogP contribution >= 0.6 is 0 Å². The van der Waals surface area contributed by atoms with Crippen LogP contribution in [0, 0.1) is 23.7 Å². The van der Waals surface area contributed by atoms with Crippen LogP contribution < -0.4 is 0 Å². The van der Waals surface area contributed by atoms with Crippen LogP contribution in [0.15, 0.2) is 24.3 Å². The predicted molar refractivity (Wildman–Crippen MR) is 122 cm³/mol. The second-order valence-corrected chi connectivity index (χ2v) is 7.77. The molecule has 0 aliphatic heterocycles. The number of aromatic hydroxyl groups is 1. The van der Waals surface area contributed by atoms with Gasteiger partial charge < -0.3 is 5.11 Å². The van der Waals surface area contributed by atoms with E-state index < -0.39 is 0 Å². The molecule has 0 radical (unpaired) electrons. The normalized spacial score (nSPS) is 27.1. The van der Waals surface area contributed by atoms with Crippen LogP contribution in [0.4, 0.5) is 0 Å². The Kier molecular flexibility index (Phi) is 14.5. The van der Waals surface area contributed by atoms with Gasteiger partial charge in [0.1, 0.15) is 5.75 Å². The zero-order valence-corrected chi connectivity index (χ0v) is 18.1. The SMILES string of the molecule is C.CC.CC.CC[C@H]1CCCCC1C1CCC(Cc2ccc(O)cc2)CC1. The summed E-state index contributed by atoms with van der Waals surface area (Å²) in [4.78, 5) is 0. The fourth-order valence-corrected chi connectivity index (χ4v) is 5.15. The van der Waals surface area contributed by atoms with E-state index in [1.54, 1.807) is 0 Å². The summed E-state index contributed by atoms with van der Waals surface area (Å²) in [6.45, 7) is 10.4. The summed E-state index contributed by atoms with van der Waals surface area (Å²) in [5.41, 5.74) is 1.39. The topological polar surface area (TPSA) is 20.2 Å². The van der Waals surface area contributed by atoms with Crippen molar-refractivity contribution < 1.29 is 5.11 Å². The first-order chi connectivity index (χ1) is 12.8. The van der Waals surface area contributed by atoms with Gasteiger partial charge in [0.2, 0.25) is 0 Å². The van der Waals surface area contributed by atoms with Crippen LogP contribution in [0.2, 0.25) is 0 Å². The van der Waals surface area contributed by atoms with Gasteiger partial charge in [-0.3, -0.25) is 0 Å². The third kappa shape index (κ3) is 8.28. The van der Waals surface area contributed by atoms with Crippen molar-refractivity contribution in [2.45, 2.75) is 106 Å². The van der Waals surface area contributed by atoms with Crippen molar-refractivity contribution in [3.63, 3.8) is 0 Å². The zero-order chi connectivity index (χ0) is 19.4. The number of phenols is 1. The molecule has 2 aliphatic rings. The first kappa shape index (κ1) is 26.0. The highest BCUT2D eigenvalue weighted by atomic mass is 16.3. The molecule has 1 aromatic rings. The van der Waals surface area contributed by atoms with Crippen LogP contribution in [0.1, 0.15) is 105 Å². The average molecular weight is 377 g/mol. The molecule has 2 aliphatic carbocycles. The minimum absolute atomic E-state index is 0. The standard InChI is InChI=1S/C21H32O.2C2H6.CH4/c1-2-18-5-3-4-6-21(18)19-11-7-16(8-12-19)15-17-9-13-20(22)14-10-17;2*1-2;/h9-10,13-14,16,18-19,21-22H,2-8,11-12,15H2,1H3;2*1-2H3;1H4/t16?,18-,19?,21?;;;/m0.../s1. The molecular weight excluding hydrogens is 328 g/mol. The molecule has 0 bridgehead atoms. The predicted octanol–water partition coefficient (Wildman–Crippen LogP) is 8.65. The summed E-state index contributed by atoms with van der Waals surface area (Å²) >= 11 is 0. The molecule has 0 aromatic heterocycles. The van der Waals surface area contributed by atoms with Crippen molar-refractivity contribution >= 4 is 0 Å². The quantitative estimate of drug-likeness (QED) is 0.557. The number of hydrogen-bond donors (Lipinski definition) is 1. The summed E-state index contributed by atoms with van der Waals surface area (Å²) in [6.07, 6.45) is 14.3. The maximum Gasteiger partial charge on any atom is 0.115 e. The molecule has 3 rings (SSSR count). The van der Waals surface area contributed by atoms with Crippen LogP contribution in [0.3, 0.4) is 0 Å². The fraction of sp³-hybridized carbons (Fsp3) is 0.769. The van der Waals surface area contributed by atoms with E-state index in [0.29, 0.717) is 5.75 Å². The Hall–Kier alpha value is -0.980. The van der Waals surface area contributed by atoms with E-state index in [4.69, 9.17) is 0 Å². The molecule has 1 nitrogen and oxygen atoms in total. The molecule has 0 heterocycles. The Morgan fingerprint density at radius 2 is 1.37 bits per heavy atom.